The van der Waals surface area contributed by atoms with E-state index in [2.05, 4.69) is 0 Å². The van der Waals surface area contributed by atoms with E-state index >= 15 is 0 Å². The van der Waals surface area contributed by atoms with Crippen molar-refractivity contribution in [1.82, 2.24) is 0 Å². The Balaban J connectivity index is 2.15. The highest BCUT2D eigenvalue weighted by molar-refractivity contribution is 5.98. The van der Waals surface area contributed by atoms with E-state index in [9.17, 15) is 13.6 Å². The van der Waals surface area contributed by atoms with Crippen LogP contribution < -0.4 is 4.74 Å². The van der Waals surface area contributed by atoms with Crippen molar-refractivity contribution in [3.05, 3.63) is 64.7 Å². The molecule has 0 amide bonds. The van der Waals surface area contributed by atoms with Crippen LogP contribution >= 0.6 is 0 Å². The number of aryl methyl sites for hydroxylation is 2. The van der Waals surface area contributed by atoms with E-state index < -0.39 is 24.0 Å². The molecule has 0 N–H and O–H groups in total. The van der Waals surface area contributed by atoms with Gasteiger partial charge in [-0.3, -0.25) is 4.79 Å². The molecule has 2 rings (SSSR count). The molecule has 2 aromatic rings. The first-order valence-corrected chi connectivity index (χ1v) is 6.16. The third-order valence-corrected chi connectivity index (χ3v) is 2.96. The van der Waals surface area contributed by atoms with Gasteiger partial charge in [0.05, 0.1) is 0 Å². The van der Waals surface area contributed by atoms with Gasteiger partial charge in [-0.05, 0) is 37.6 Å². The quantitative estimate of drug-likeness (QED) is 0.793. The molecule has 0 bridgehead atoms. The fraction of sp³-hybridized carbons (Fsp3) is 0.188. The maximum atomic E-state index is 13.4. The van der Waals surface area contributed by atoms with Crippen LogP contribution in [-0.4, -0.2) is 12.4 Å². The summed E-state index contributed by atoms with van der Waals surface area (Å²) in [6.45, 7) is 3.27. The molecule has 0 fully saturated rings. The van der Waals surface area contributed by atoms with Gasteiger partial charge in [-0.1, -0.05) is 23.8 Å². The Morgan fingerprint density at radius 3 is 2.40 bits per heavy atom. The second-order valence-corrected chi connectivity index (χ2v) is 4.58. The van der Waals surface area contributed by atoms with Gasteiger partial charge in [-0.15, -0.1) is 0 Å². The molecule has 0 radical (unpaired) electrons. The van der Waals surface area contributed by atoms with Crippen molar-refractivity contribution in [2.75, 3.05) is 6.61 Å². The molecule has 0 aliphatic rings. The number of hydrogen-bond acceptors (Lipinski definition) is 2. The van der Waals surface area contributed by atoms with Crippen molar-refractivity contribution in [3.8, 4) is 5.75 Å². The number of carbonyl (C=O) groups excluding carboxylic acids is 1. The molecule has 0 heterocycles. The molecule has 0 saturated carbocycles. The zero-order valence-corrected chi connectivity index (χ0v) is 11.2. The summed E-state index contributed by atoms with van der Waals surface area (Å²) in [5, 5.41) is 0. The topological polar surface area (TPSA) is 26.3 Å². The predicted molar refractivity (Wildman–Crippen MR) is 72.1 cm³/mol. The lowest BCUT2D eigenvalue weighted by Gasteiger charge is -2.09. The summed E-state index contributed by atoms with van der Waals surface area (Å²) in [6, 6.07) is 8.86. The molecular formula is C16H14F2O2. The average Bonchev–Trinajstić information content (AvgIpc) is 2.40. The zero-order valence-electron chi connectivity index (χ0n) is 11.2. The maximum Gasteiger partial charge on any atom is 0.200 e. The summed E-state index contributed by atoms with van der Waals surface area (Å²) in [5.74, 6) is -2.47. The van der Waals surface area contributed by atoms with Crippen LogP contribution in [0.25, 0.3) is 0 Å². The Morgan fingerprint density at radius 2 is 1.75 bits per heavy atom. The number of carbonyl (C=O) groups is 1. The summed E-state index contributed by atoms with van der Waals surface area (Å²) in [4.78, 5) is 12.0. The van der Waals surface area contributed by atoms with Crippen LogP contribution in [0.1, 0.15) is 21.5 Å². The molecule has 104 valence electrons. The lowest BCUT2D eigenvalue weighted by atomic mass is 10.0. The third kappa shape index (κ3) is 3.02. The minimum atomic E-state index is -0.821. The van der Waals surface area contributed by atoms with Crippen molar-refractivity contribution in [2.45, 2.75) is 13.8 Å². The van der Waals surface area contributed by atoms with E-state index in [-0.39, 0.29) is 5.78 Å². The van der Waals surface area contributed by atoms with Gasteiger partial charge in [-0.25, -0.2) is 8.78 Å². The number of halogens is 2. The van der Waals surface area contributed by atoms with Crippen molar-refractivity contribution >= 4 is 5.78 Å². The van der Waals surface area contributed by atoms with E-state index in [1.54, 1.807) is 13.0 Å². The normalized spacial score (nSPS) is 10.4. The molecule has 2 aromatic carbocycles. The first-order chi connectivity index (χ1) is 9.49. The average molecular weight is 276 g/mol. The number of para-hydroxylation sites is 1. The Morgan fingerprint density at radius 1 is 1.10 bits per heavy atom. The molecule has 0 aromatic heterocycles. The van der Waals surface area contributed by atoms with E-state index in [0.717, 1.165) is 23.3 Å². The summed E-state index contributed by atoms with van der Waals surface area (Å²) in [6.07, 6.45) is 0. The number of hydrogen-bond donors (Lipinski definition) is 0. The van der Waals surface area contributed by atoms with E-state index in [1.807, 2.05) is 19.1 Å². The Labute approximate surface area is 116 Å². The van der Waals surface area contributed by atoms with Crippen LogP contribution in [0.15, 0.2) is 36.4 Å². The van der Waals surface area contributed by atoms with Crippen LogP contribution in [0.4, 0.5) is 8.78 Å². The van der Waals surface area contributed by atoms with Crippen LogP contribution in [0.3, 0.4) is 0 Å². The van der Waals surface area contributed by atoms with Gasteiger partial charge in [0.15, 0.2) is 29.8 Å². The minimum Gasteiger partial charge on any atom is -0.479 e. The molecule has 20 heavy (non-hydrogen) atoms. The maximum absolute atomic E-state index is 13.4. The number of rotatable bonds is 4. The molecule has 0 atom stereocenters. The summed E-state index contributed by atoms with van der Waals surface area (Å²) in [7, 11) is 0. The first kappa shape index (κ1) is 14.2. The number of Topliss-reactive ketones (excluding diaryl/α,β-unsaturated/α-hetero) is 1. The third-order valence-electron chi connectivity index (χ3n) is 2.96. The van der Waals surface area contributed by atoms with Crippen LogP contribution in [-0.2, 0) is 0 Å². The molecule has 0 aliphatic heterocycles. The number of ketones is 1. The Hall–Kier alpha value is -2.23. The van der Waals surface area contributed by atoms with Gasteiger partial charge >= 0.3 is 0 Å². The summed E-state index contributed by atoms with van der Waals surface area (Å²) in [5.41, 5.74) is 2.25. The van der Waals surface area contributed by atoms with Crippen molar-refractivity contribution in [1.29, 1.82) is 0 Å². The molecule has 0 saturated heterocycles. The standard InChI is InChI=1S/C16H14F2O2/c1-10-6-7-11(2)12(8-10)15(19)9-20-16-13(17)4-3-5-14(16)18/h3-8H,9H2,1-2H3. The lowest BCUT2D eigenvalue weighted by Crippen LogP contribution is -2.14. The van der Waals surface area contributed by atoms with Gasteiger partial charge < -0.3 is 4.74 Å². The fourth-order valence-electron chi connectivity index (χ4n) is 1.87. The number of ether oxygens (including phenoxy) is 1. The molecule has 0 unspecified atom stereocenters. The SMILES string of the molecule is Cc1ccc(C)c(C(=O)COc2c(F)cccc2F)c1. The van der Waals surface area contributed by atoms with Gasteiger partial charge in [0, 0.05) is 5.56 Å². The molecular weight excluding hydrogens is 262 g/mol. The highest BCUT2D eigenvalue weighted by Crippen LogP contribution is 2.21. The monoisotopic (exact) mass is 276 g/mol. The van der Waals surface area contributed by atoms with Crippen molar-refractivity contribution in [3.63, 3.8) is 0 Å². The number of benzene rings is 2. The highest BCUT2D eigenvalue weighted by atomic mass is 19.1. The molecule has 4 heteroatoms. The summed E-state index contributed by atoms with van der Waals surface area (Å²) < 4.78 is 31.7. The second kappa shape index (κ2) is 5.82. The van der Waals surface area contributed by atoms with E-state index in [0.29, 0.717) is 5.56 Å². The Kier molecular flexibility index (Phi) is 4.13. The van der Waals surface area contributed by atoms with Gasteiger partial charge in [0.2, 0.25) is 0 Å². The van der Waals surface area contributed by atoms with Crippen LogP contribution in [0.5, 0.6) is 5.75 Å². The van der Waals surface area contributed by atoms with E-state index in [1.165, 1.54) is 6.07 Å². The highest BCUT2D eigenvalue weighted by Gasteiger charge is 2.14. The molecule has 0 aliphatic carbocycles. The van der Waals surface area contributed by atoms with E-state index in [4.69, 9.17) is 4.74 Å². The minimum absolute atomic E-state index is 0.311. The Bertz CT molecular complexity index is 631. The molecule has 2 nitrogen and oxygen atoms in total. The predicted octanol–water partition coefficient (Wildman–Crippen LogP) is 3.84. The lowest BCUT2D eigenvalue weighted by molar-refractivity contribution is 0.0915. The first-order valence-electron chi connectivity index (χ1n) is 6.16. The smallest absolute Gasteiger partial charge is 0.200 e. The van der Waals surface area contributed by atoms with Crippen molar-refractivity contribution < 1.29 is 18.3 Å². The van der Waals surface area contributed by atoms with Crippen LogP contribution in [0, 0.1) is 25.5 Å². The van der Waals surface area contributed by atoms with Gasteiger partial charge in [0.25, 0.3) is 0 Å². The van der Waals surface area contributed by atoms with Crippen LogP contribution in [0.2, 0.25) is 0 Å². The largest absolute Gasteiger partial charge is 0.479 e. The zero-order chi connectivity index (χ0) is 14.7. The van der Waals surface area contributed by atoms with Gasteiger partial charge in [-0.2, -0.15) is 0 Å². The molecule has 0 spiro atoms. The summed E-state index contributed by atoms with van der Waals surface area (Å²) >= 11 is 0. The van der Waals surface area contributed by atoms with Gasteiger partial charge in [0.1, 0.15) is 0 Å². The fourth-order valence-corrected chi connectivity index (χ4v) is 1.87. The van der Waals surface area contributed by atoms with Crippen molar-refractivity contribution in [2.24, 2.45) is 0 Å². The second-order valence-electron chi connectivity index (χ2n) is 4.58.